The molecule has 190 valence electrons. The van der Waals surface area contributed by atoms with Crippen LogP contribution < -0.4 is 45.5 Å². The van der Waals surface area contributed by atoms with Crippen LogP contribution in [0.4, 0.5) is 5.69 Å². The predicted molar refractivity (Wildman–Crippen MR) is 145 cm³/mol. The second kappa shape index (κ2) is 17.9. The van der Waals surface area contributed by atoms with Crippen LogP contribution in [0.15, 0.2) is 0 Å². The molecule has 0 radical (unpaired) electrons. The molecule has 12 nitrogen and oxygen atoms in total. The summed E-state index contributed by atoms with van der Waals surface area (Å²) in [5.74, 6) is -1.88. The minimum absolute atomic E-state index is 0. The largest absolute Gasteiger partial charge is 1.00 e. The molecule has 0 aliphatic heterocycles. The molecular weight excluding hydrogens is 806 g/mol. The minimum atomic E-state index is -1.55. The van der Waals surface area contributed by atoms with Crippen LogP contribution in [0, 0.1) is 10.7 Å². The van der Waals surface area contributed by atoms with E-state index in [9.17, 15) is 24.6 Å². The van der Waals surface area contributed by atoms with Gasteiger partial charge >= 0.3 is 35.5 Å². The molecule has 1 aromatic rings. The number of aliphatic hydroxyl groups is 5. The number of carbonyl (C=O) groups is 3. The first-order valence-electron chi connectivity index (χ1n) is 9.17. The number of aliphatic hydroxyl groups excluding tert-OH is 5. The maximum atomic E-state index is 12.0. The summed E-state index contributed by atoms with van der Waals surface area (Å²) >= 11 is 5.61. The summed E-state index contributed by atoms with van der Waals surface area (Å²) in [6.45, 7) is 0.755. The first-order chi connectivity index (χ1) is 15.3. The van der Waals surface area contributed by atoms with Gasteiger partial charge in [0.15, 0.2) is 0 Å². The van der Waals surface area contributed by atoms with E-state index in [1.165, 1.54) is 14.0 Å². The molecule has 2 amide bonds. The van der Waals surface area contributed by atoms with Crippen molar-refractivity contribution in [2.45, 2.75) is 31.3 Å². The first-order valence-corrected chi connectivity index (χ1v) is 12.4. The number of hydrogen-bond acceptors (Lipinski definition) is 9. The molecule has 0 aliphatic rings. The van der Waals surface area contributed by atoms with E-state index in [-0.39, 0.29) is 54.6 Å². The molecule has 1 aromatic carbocycles. The quantitative estimate of drug-likeness (QED) is 0.0879. The van der Waals surface area contributed by atoms with Gasteiger partial charge in [0.1, 0.15) is 18.3 Å². The minimum Gasteiger partial charge on any atom is -1.00 e. The van der Waals surface area contributed by atoms with Gasteiger partial charge < -0.3 is 48.0 Å². The van der Waals surface area contributed by atoms with E-state index in [4.69, 9.17) is 20.4 Å². The van der Waals surface area contributed by atoms with Gasteiger partial charge in [-0.25, -0.2) is 4.79 Å². The smallest absolute Gasteiger partial charge is 1.00 e. The molecule has 0 unspecified atom stereocenters. The van der Waals surface area contributed by atoms with Crippen molar-refractivity contribution in [3.05, 3.63) is 21.8 Å². The fourth-order valence-electron chi connectivity index (χ4n) is 2.36. The number of hydrogen-bond donors (Lipinski definition) is 9. The number of halogens is 3. The van der Waals surface area contributed by atoms with Crippen LogP contribution >= 0.6 is 67.8 Å². The summed E-state index contributed by atoms with van der Waals surface area (Å²) in [6.07, 6.45) is -5.65. The van der Waals surface area contributed by atoms with Gasteiger partial charge in [0, 0.05) is 24.1 Å². The fraction of sp³-hybridized carbons (Fsp3) is 0.500. The van der Waals surface area contributed by atoms with E-state index >= 15 is 0 Å². The Morgan fingerprint density at radius 1 is 0.912 bits per heavy atom. The van der Waals surface area contributed by atoms with Gasteiger partial charge in [0.2, 0.25) is 5.91 Å². The topological polar surface area (TPSA) is 209 Å². The molecule has 0 saturated carbocycles. The summed E-state index contributed by atoms with van der Waals surface area (Å²) in [4.78, 5) is 34.6. The molecule has 0 aromatic heterocycles. The van der Waals surface area contributed by atoms with Crippen molar-refractivity contribution in [2.75, 3.05) is 32.6 Å². The molecule has 16 heteroatoms. The standard InChI is InChI=1S/C11H9I3N2O4.C7H17NO5.Na.H/c1-3(17)16-9-7(13)4(10(18)15-2)6(12)5(8(9)14)11(19)20;1-8-2-4(10)6(12)7(13)5(11)3-9;;/h1-2H3,(H,15,18)(H,16,17)(H,19,20);4-13H,2-3H2,1H3;;/q;;+1;-1/t;4-,5+,6+,7+;;/m.0../s1. The van der Waals surface area contributed by atoms with Crippen molar-refractivity contribution in [2.24, 2.45) is 0 Å². The Kier molecular flexibility index (Phi) is 19.4. The molecule has 0 fully saturated rings. The molecule has 1 rings (SSSR count). The number of carboxylic acid groups (broad SMARTS) is 1. The average molecular weight is 833 g/mol. The molecular formula is C18H27I3N3NaO9. The molecule has 0 saturated heterocycles. The Labute approximate surface area is 260 Å². The van der Waals surface area contributed by atoms with Crippen LogP contribution in [0.3, 0.4) is 0 Å². The monoisotopic (exact) mass is 833 g/mol. The van der Waals surface area contributed by atoms with Crippen LogP contribution in [0.1, 0.15) is 29.1 Å². The Morgan fingerprint density at radius 2 is 1.38 bits per heavy atom. The number of amides is 2. The Hall–Kier alpha value is 0.580. The zero-order valence-electron chi connectivity index (χ0n) is 19.8. The van der Waals surface area contributed by atoms with E-state index in [0.717, 1.165) is 0 Å². The number of aromatic carboxylic acids is 1. The second-order valence-electron chi connectivity index (χ2n) is 6.49. The van der Waals surface area contributed by atoms with Crippen LogP contribution in [-0.4, -0.2) is 100 Å². The van der Waals surface area contributed by atoms with E-state index in [1.807, 2.05) is 67.8 Å². The third kappa shape index (κ3) is 10.5. The van der Waals surface area contributed by atoms with Gasteiger partial charge in [0.25, 0.3) is 5.91 Å². The van der Waals surface area contributed by atoms with Gasteiger partial charge in [-0.05, 0) is 74.8 Å². The second-order valence-corrected chi connectivity index (χ2v) is 9.72. The van der Waals surface area contributed by atoms with E-state index in [0.29, 0.717) is 16.4 Å². The summed E-state index contributed by atoms with van der Waals surface area (Å²) in [5, 5.41) is 61.8. The molecule has 0 spiro atoms. The average Bonchev–Trinajstić information content (AvgIpc) is 2.75. The van der Waals surface area contributed by atoms with Crippen molar-refractivity contribution in [3.8, 4) is 0 Å². The van der Waals surface area contributed by atoms with Gasteiger partial charge in [-0.2, -0.15) is 0 Å². The summed E-state index contributed by atoms with van der Waals surface area (Å²) in [5.41, 5.74) is 0.597. The number of rotatable bonds is 9. The number of nitrogens with one attached hydrogen (secondary N) is 3. The third-order valence-corrected chi connectivity index (χ3v) is 7.26. The van der Waals surface area contributed by atoms with Gasteiger partial charge in [-0.15, -0.1) is 0 Å². The number of anilines is 1. The van der Waals surface area contributed by atoms with Crippen LogP contribution in [-0.2, 0) is 4.79 Å². The van der Waals surface area contributed by atoms with Gasteiger partial charge in [-0.1, -0.05) is 0 Å². The molecule has 0 aliphatic carbocycles. The van der Waals surface area contributed by atoms with Crippen molar-refractivity contribution >= 4 is 91.2 Å². The molecule has 4 atom stereocenters. The fourth-order valence-corrected chi connectivity index (χ4v) is 6.74. The molecule has 0 heterocycles. The number of benzene rings is 1. The maximum absolute atomic E-state index is 12.0. The Morgan fingerprint density at radius 3 is 1.76 bits per heavy atom. The van der Waals surface area contributed by atoms with E-state index in [2.05, 4.69) is 16.0 Å². The van der Waals surface area contributed by atoms with Gasteiger partial charge in [0.05, 0.1) is 36.7 Å². The van der Waals surface area contributed by atoms with Gasteiger partial charge in [-0.3, -0.25) is 9.59 Å². The Balaban J connectivity index is -0.000000601. The summed E-state index contributed by atoms with van der Waals surface area (Å²) in [7, 11) is 3.04. The normalized spacial score (nSPS) is 13.9. The number of carbonyl (C=O) groups excluding carboxylic acids is 2. The molecule has 9 N–H and O–H groups in total. The zero-order valence-corrected chi connectivity index (χ0v) is 27.2. The SMILES string of the molecule is CNC(=O)c1c(I)c(NC(C)=O)c(I)c(C(=O)O)c1I.CNC[C@H](O)[C@@H](O)[C@H](O)[C@H](O)CO.[H-].[Na+]. The van der Waals surface area contributed by atoms with Crippen molar-refractivity contribution in [3.63, 3.8) is 0 Å². The van der Waals surface area contributed by atoms with E-state index in [1.54, 1.807) is 7.05 Å². The number of carboxylic acids is 1. The Bertz CT molecular complexity index is 870. The van der Waals surface area contributed by atoms with Crippen molar-refractivity contribution in [1.29, 1.82) is 0 Å². The maximum Gasteiger partial charge on any atom is 1.00 e. The van der Waals surface area contributed by atoms with Crippen LogP contribution in [0.25, 0.3) is 0 Å². The summed E-state index contributed by atoms with van der Waals surface area (Å²) in [6, 6.07) is 0. The molecule has 0 bridgehead atoms. The number of likely N-dealkylation sites (N-methyl/N-ethyl adjacent to an activating group) is 1. The first kappa shape index (κ1) is 36.7. The summed E-state index contributed by atoms with van der Waals surface area (Å²) < 4.78 is 1.25. The zero-order chi connectivity index (χ0) is 26.0. The van der Waals surface area contributed by atoms with Crippen molar-refractivity contribution < 1.29 is 76.0 Å². The molecule has 34 heavy (non-hydrogen) atoms. The van der Waals surface area contributed by atoms with Crippen molar-refractivity contribution in [1.82, 2.24) is 10.6 Å². The van der Waals surface area contributed by atoms with Crippen LogP contribution in [0.5, 0.6) is 0 Å². The third-order valence-electron chi connectivity index (χ3n) is 4.02. The van der Waals surface area contributed by atoms with Crippen LogP contribution in [0.2, 0.25) is 0 Å². The predicted octanol–water partition coefficient (Wildman–Crippen LogP) is -3.73. The van der Waals surface area contributed by atoms with E-state index < -0.39 is 42.9 Å².